The van der Waals surface area contributed by atoms with Gasteiger partial charge in [-0.1, -0.05) is 17.7 Å². The van der Waals surface area contributed by atoms with Gasteiger partial charge in [0.15, 0.2) is 12.2 Å². The van der Waals surface area contributed by atoms with Crippen LogP contribution in [0.15, 0.2) is 45.3 Å². The van der Waals surface area contributed by atoms with Crippen LogP contribution in [0.25, 0.3) is 0 Å². The van der Waals surface area contributed by atoms with Crippen LogP contribution in [-0.2, 0) is 14.3 Å². The molecule has 0 radical (unpaired) electrons. The molecule has 35 heavy (non-hydrogen) atoms. The van der Waals surface area contributed by atoms with Crippen molar-refractivity contribution in [2.75, 3.05) is 20.2 Å². The number of halogens is 4. The van der Waals surface area contributed by atoms with E-state index in [2.05, 4.69) is 15.3 Å². The molecule has 0 aliphatic carbocycles. The van der Waals surface area contributed by atoms with Crippen molar-refractivity contribution in [2.24, 2.45) is 4.99 Å². The maximum absolute atomic E-state index is 14.1. The minimum Gasteiger partial charge on any atom is -0.480 e. The first kappa shape index (κ1) is 24.7. The van der Waals surface area contributed by atoms with Crippen LogP contribution in [-0.4, -0.2) is 64.9 Å². The number of methoxy groups -OCH3 is 1. The number of ether oxygens (including phenoxy) is 1. The van der Waals surface area contributed by atoms with Gasteiger partial charge in [-0.3, -0.25) is 14.7 Å². The van der Waals surface area contributed by atoms with Gasteiger partial charge in [0.25, 0.3) is 5.92 Å². The summed E-state index contributed by atoms with van der Waals surface area (Å²) in [6.07, 6.45) is 0.301. The van der Waals surface area contributed by atoms with Gasteiger partial charge < -0.3 is 19.6 Å². The van der Waals surface area contributed by atoms with E-state index in [-0.39, 0.29) is 39.9 Å². The molecule has 1 aromatic carbocycles. The molecule has 13 heteroatoms. The summed E-state index contributed by atoms with van der Waals surface area (Å²) in [4.78, 5) is 34.3. The maximum Gasteiger partial charge on any atom is 0.338 e. The number of alkyl halides is 2. The fraction of sp³-hybridized carbons (Fsp3) is 0.364. The lowest BCUT2D eigenvalue weighted by molar-refractivity contribution is -0.142. The lowest BCUT2D eigenvalue weighted by Gasteiger charge is -2.30. The standard InChI is InChI=1S/C22H20ClF3N4O5/c1-10-17(27-9-35-10)19-28-14(7-30-8-22(25,26)6-15(30)20(31)32)16(21(33)34-2)18(29-19)12-4-3-11(24)5-13(12)23/h3-5,9,15,18H,6-8H2,1-2H3,(H,28,29)(H,31,32). The molecule has 2 aromatic rings. The number of aromatic nitrogens is 1. The van der Waals surface area contributed by atoms with E-state index in [0.29, 0.717) is 5.76 Å². The monoisotopic (exact) mass is 512 g/mol. The number of aliphatic carboxylic acids is 1. The third-order valence-corrected chi connectivity index (χ3v) is 6.10. The number of amidine groups is 1. The van der Waals surface area contributed by atoms with Crippen molar-refractivity contribution in [1.29, 1.82) is 0 Å². The number of esters is 1. The maximum atomic E-state index is 14.1. The van der Waals surface area contributed by atoms with E-state index in [0.717, 1.165) is 24.1 Å². The van der Waals surface area contributed by atoms with E-state index in [4.69, 9.17) is 20.8 Å². The van der Waals surface area contributed by atoms with Crippen molar-refractivity contribution < 1.29 is 37.0 Å². The summed E-state index contributed by atoms with van der Waals surface area (Å²) in [6, 6.07) is 0.905. The summed E-state index contributed by atoms with van der Waals surface area (Å²) >= 11 is 6.27. The third kappa shape index (κ3) is 4.89. The Morgan fingerprint density at radius 1 is 1.40 bits per heavy atom. The zero-order chi connectivity index (χ0) is 25.5. The van der Waals surface area contributed by atoms with Crippen LogP contribution in [0.3, 0.4) is 0 Å². The number of carboxylic acids is 1. The van der Waals surface area contributed by atoms with E-state index in [9.17, 15) is 27.9 Å². The summed E-state index contributed by atoms with van der Waals surface area (Å²) < 4.78 is 52.2. The van der Waals surface area contributed by atoms with Gasteiger partial charge >= 0.3 is 11.9 Å². The van der Waals surface area contributed by atoms with E-state index in [1.807, 2.05) is 0 Å². The Morgan fingerprint density at radius 3 is 2.74 bits per heavy atom. The molecular weight excluding hydrogens is 493 g/mol. The normalized spacial score (nSPS) is 22.1. The van der Waals surface area contributed by atoms with Crippen LogP contribution < -0.4 is 5.32 Å². The molecule has 2 aliphatic rings. The molecule has 2 atom stereocenters. The molecule has 9 nitrogen and oxygen atoms in total. The number of aliphatic imine (C=N–C) groups is 1. The number of carbonyl (C=O) groups is 2. The minimum atomic E-state index is -3.23. The van der Waals surface area contributed by atoms with E-state index in [1.54, 1.807) is 6.92 Å². The Labute approximate surface area is 202 Å². The first-order chi connectivity index (χ1) is 16.5. The first-order valence-corrected chi connectivity index (χ1v) is 10.7. The summed E-state index contributed by atoms with van der Waals surface area (Å²) in [5.41, 5.74) is 0.493. The topological polar surface area (TPSA) is 117 Å². The number of rotatable bonds is 6. The fourth-order valence-corrected chi connectivity index (χ4v) is 4.44. The number of hydrogen-bond donors (Lipinski definition) is 2. The number of oxazole rings is 1. The van der Waals surface area contributed by atoms with Crippen molar-refractivity contribution in [3.63, 3.8) is 0 Å². The van der Waals surface area contributed by atoms with Gasteiger partial charge in [-0.05, 0) is 19.1 Å². The third-order valence-electron chi connectivity index (χ3n) is 5.77. The molecule has 0 bridgehead atoms. The molecule has 1 saturated heterocycles. The molecule has 186 valence electrons. The van der Waals surface area contributed by atoms with Crippen molar-refractivity contribution >= 4 is 29.4 Å². The van der Waals surface area contributed by atoms with E-state index >= 15 is 0 Å². The second-order valence-corrected chi connectivity index (χ2v) is 8.54. The van der Waals surface area contributed by atoms with Crippen molar-refractivity contribution in [2.45, 2.75) is 31.4 Å². The summed E-state index contributed by atoms with van der Waals surface area (Å²) in [5, 5.41) is 12.4. The van der Waals surface area contributed by atoms with Crippen molar-refractivity contribution in [1.82, 2.24) is 15.2 Å². The number of carbonyl (C=O) groups excluding carboxylic acids is 1. The Morgan fingerprint density at radius 2 is 2.14 bits per heavy atom. The zero-order valence-electron chi connectivity index (χ0n) is 18.5. The zero-order valence-corrected chi connectivity index (χ0v) is 19.3. The summed E-state index contributed by atoms with van der Waals surface area (Å²) in [5.74, 6) is -5.62. The number of benzene rings is 1. The quantitative estimate of drug-likeness (QED) is 0.567. The van der Waals surface area contributed by atoms with Gasteiger partial charge in [0.05, 0.1) is 19.2 Å². The molecule has 3 heterocycles. The van der Waals surface area contributed by atoms with Gasteiger partial charge in [0, 0.05) is 29.2 Å². The van der Waals surface area contributed by atoms with Gasteiger partial charge in [-0.25, -0.2) is 22.9 Å². The smallest absolute Gasteiger partial charge is 0.338 e. The average molecular weight is 513 g/mol. The number of nitrogens with zero attached hydrogens (tertiary/aromatic N) is 3. The molecule has 2 aliphatic heterocycles. The number of carboxylic acid groups (broad SMARTS) is 1. The van der Waals surface area contributed by atoms with Gasteiger partial charge in [0.2, 0.25) is 0 Å². The highest BCUT2D eigenvalue weighted by Gasteiger charge is 2.49. The van der Waals surface area contributed by atoms with Crippen LogP contribution in [0.4, 0.5) is 13.2 Å². The summed E-state index contributed by atoms with van der Waals surface area (Å²) in [6.45, 7) is 0.413. The van der Waals surface area contributed by atoms with Crippen molar-refractivity contribution in [3.8, 4) is 0 Å². The molecule has 0 spiro atoms. The van der Waals surface area contributed by atoms with E-state index < -0.39 is 48.7 Å². The molecule has 0 amide bonds. The molecule has 2 N–H and O–H groups in total. The minimum absolute atomic E-state index is 0.0336. The number of aryl methyl sites for hydroxylation is 1. The SMILES string of the molecule is COC(=O)C1=C(CN2CC(F)(F)CC2C(=O)O)NC(c2ncoc2C)=NC1c1ccc(F)cc1Cl. The van der Waals surface area contributed by atoms with Crippen molar-refractivity contribution in [3.05, 3.63) is 63.7 Å². The fourth-order valence-electron chi connectivity index (χ4n) is 4.17. The molecule has 1 fully saturated rings. The highest BCUT2D eigenvalue weighted by molar-refractivity contribution is 6.31. The molecule has 1 aromatic heterocycles. The van der Waals surface area contributed by atoms with E-state index in [1.165, 1.54) is 12.5 Å². The Kier molecular flexibility index (Phi) is 6.60. The summed E-state index contributed by atoms with van der Waals surface area (Å²) in [7, 11) is 1.13. The molecule has 2 unspecified atom stereocenters. The second kappa shape index (κ2) is 9.34. The lowest BCUT2D eigenvalue weighted by Crippen LogP contribution is -2.43. The predicted molar refractivity (Wildman–Crippen MR) is 117 cm³/mol. The Balaban J connectivity index is 1.86. The van der Waals surface area contributed by atoms with Gasteiger partial charge in [-0.15, -0.1) is 0 Å². The van der Waals surface area contributed by atoms with Crippen LogP contribution in [0.2, 0.25) is 5.02 Å². The molecule has 0 saturated carbocycles. The Hall–Kier alpha value is -3.38. The predicted octanol–water partition coefficient (Wildman–Crippen LogP) is 3.09. The highest BCUT2D eigenvalue weighted by Crippen LogP contribution is 2.38. The van der Waals surface area contributed by atoms with Crippen LogP contribution in [0.1, 0.15) is 29.5 Å². The van der Waals surface area contributed by atoms with Crippen LogP contribution in [0, 0.1) is 12.7 Å². The van der Waals surface area contributed by atoms with Crippen LogP contribution in [0.5, 0.6) is 0 Å². The van der Waals surface area contributed by atoms with Gasteiger partial charge in [-0.2, -0.15) is 0 Å². The van der Waals surface area contributed by atoms with Crippen LogP contribution >= 0.6 is 11.6 Å². The average Bonchev–Trinajstić information content (AvgIpc) is 3.34. The molecule has 4 rings (SSSR count). The number of nitrogens with one attached hydrogen (secondary N) is 1. The Bertz CT molecular complexity index is 1250. The number of likely N-dealkylation sites (tertiary alicyclic amines) is 1. The second-order valence-electron chi connectivity index (χ2n) is 8.13. The largest absolute Gasteiger partial charge is 0.480 e. The highest BCUT2D eigenvalue weighted by atomic mass is 35.5. The number of hydrogen-bond acceptors (Lipinski definition) is 8. The first-order valence-electron chi connectivity index (χ1n) is 10.4. The molecular formula is C22H20ClF3N4O5. The lowest BCUT2D eigenvalue weighted by atomic mass is 9.94. The van der Waals surface area contributed by atoms with Gasteiger partial charge in [0.1, 0.15) is 29.4 Å².